The lowest BCUT2D eigenvalue weighted by Gasteiger charge is -2.32. The Morgan fingerprint density at radius 1 is 1.03 bits per heavy atom. The van der Waals surface area contributed by atoms with Gasteiger partial charge in [0.2, 0.25) is 11.8 Å². The normalized spacial score (nSPS) is 12.0. The molecule has 3 rings (SSSR count). The molecule has 1 atom stereocenters. The quantitative estimate of drug-likeness (QED) is 0.449. The van der Waals surface area contributed by atoms with Crippen molar-refractivity contribution in [2.45, 2.75) is 31.3 Å². The molecule has 36 heavy (non-hydrogen) atoms. The van der Waals surface area contributed by atoms with Gasteiger partial charge in [0, 0.05) is 24.2 Å². The molecule has 3 aromatic rings. The van der Waals surface area contributed by atoms with Crippen LogP contribution in [0.25, 0.3) is 0 Å². The van der Waals surface area contributed by atoms with Crippen molar-refractivity contribution in [1.29, 1.82) is 0 Å². The van der Waals surface area contributed by atoms with E-state index < -0.39 is 40.2 Å². The number of anilines is 1. The molecule has 3 aromatic carbocycles. The molecule has 10 heteroatoms. The number of hydrogen-bond acceptors (Lipinski definition) is 4. The largest absolute Gasteiger partial charge is 0.357 e. The molecular formula is C26H27ClFN3O4S. The van der Waals surface area contributed by atoms with Crippen LogP contribution in [0.15, 0.2) is 77.7 Å². The zero-order chi connectivity index (χ0) is 26.5. The number of nitrogens with zero attached hydrogens (tertiary/aromatic N) is 2. The summed E-state index contributed by atoms with van der Waals surface area (Å²) in [7, 11) is -2.77. The van der Waals surface area contributed by atoms with Crippen molar-refractivity contribution in [2.75, 3.05) is 17.9 Å². The third-order valence-electron chi connectivity index (χ3n) is 5.70. The molecule has 0 aliphatic rings. The van der Waals surface area contributed by atoms with Crippen LogP contribution in [-0.2, 0) is 26.2 Å². The van der Waals surface area contributed by atoms with E-state index in [1.54, 1.807) is 30.3 Å². The summed E-state index contributed by atoms with van der Waals surface area (Å²) < 4.78 is 42.7. The molecule has 0 aromatic heterocycles. The third-order valence-corrected chi connectivity index (χ3v) is 7.72. The predicted octanol–water partition coefficient (Wildman–Crippen LogP) is 4.15. The third kappa shape index (κ3) is 6.22. The molecule has 7 nitrogen and oxygen atoms in total. The minimum absolute atomic E-state index is 0.0131. The van der Waals surface area contributed by atoms with Crippen LogP contribution in [0.2, 0.25) is 5.02 Å². The molecule has 1 unspecified atom stereocenters. The van der Waals surface area contributed by atoms with Gasteiger partial charge in [0.05, 0.1) is 10.6 Å². The van der Waals surface area contributed by atoms with Crippen LogP contribution in [-0.4, -0.2) is 44.8 Å². The standard InChI is InChI=1S/C26H27ClFN3O4S/c1-18-11-13-23(14-12-18)36(34,35)31(22-9-6-8-21(27)15-22)17-25(32)30(19(2)26(33)29-3)16-20-7-4-5-10-24(20)28/h4-15,19H,16-17H2,1-3H3,(H,29,33). The van der Waals surface area contributed by atoms with Crippen LogP contribution < -0.4 is 9.62 Å². The highest BCUT2D eigenvalue weighted by atomic mass is 35.5. The molecule has 0 aliphatic carbocycles. The van der Waals surface area contributed by atoms with Gasteiger partial charge in [-0.05, 0) is 50.2 Å². The number of carbonyl (C=O) groups is 2. The first-order chi connectivity index (χ1) is 17.0. The molecule has 0 saturated heterocycles. The zero-order valence-corrected chi connectivity index (χ0v) is 21.7. The number of rotatable bonds is 9. The van der Waals surface area contributed by atoms with Gasteiger partial charge in [-0.2, -0.15) is 0 Å². The number of amides is 2. The number of likely N-dealkylation sites (N-methyl/N-ethyl adjacent to an activating group) is 1. The van der Waals surface area contributed by atoms with Gasteiger partial charge < -0.3 is 10.2 Å². The number of benzene rings is 3. The molecule has 0 radical (unpaired) electrons. The molecule has 0 aliphatic heterocycles. The second-order valence-electron chi connectivity index (χ2n) is 8.21. The van der Waals surface area contributed by atoms with E-state index in [1.165, 1.54) is 56.4 Å². The van der Waals surface area contributed by atoms with Gasteiger partial charge in [-0.25, -0.2) is 12.8 Å². The van der Waals surface area contributed by atoms with E-state index in [-0.39, 0.29) is 27.7 Å². The summed E-state index contributed by atoms with van der Waals surface area (Å²) in [6.45, 7) is 2.46. The number of halogens is 2. The number of nitrogens with one attached hydrogen (secondary N) is 1. The van der Waals surface area contributed by atoms with Gasteiger partial charge in [0.1, 0.15) is 18.4 Å². The fourth-order valence-corrected chi connectivity index (χ4v) is 5.19. The van der Waals surface area contributed by atoms with Crippen molar-refractivity contribution in [3.63, 3.8) is 0 Å². The molecule has 190 valence electrons. The van der Waals surface area contributed by atoms with Gasteiger partial charge in [-0.3, -0.25) is 13.9 Å². The minimum Gasteiger partial charge on any atom is -0.357 e. The first kappa shape index (κ1) is 27.2. The Hall–Kier alpha value is -3.43. The van der Waals surface area contributed by atoms with Crippen LogP contribution in [0.1, 0.15) is 18.1 Å². The Morgan fingerprint density at radius 3 is 2.31 bits per heavy atom. The molecule has 0 heterocycles. The van der Waals surface area contributed by atoms with E-state index in [0.29, 0.717) is 0 Å². The van der Waals surface area contributed by atoms with Gasteiger partial charge in [-0.1, -0.05) is 53.6 Å². The summed E-state index contributed by atoms with van der Waals surface area (Å²) >= 11 is 6.13. The van der Waals surface area contributed by atoms with Crippen molar-refractivity contribution in [1.82, 2.24) is 10.2 Å². The van der Waals surface area contributed by atoms with Crippen LogP contribution in [0.4, 0.5) is 10.1 Å². The molecule has 0 fully saturated rings. The lowest BCUT2D eigenvalue weighted by Crippen LogP contribution is -2.50. The molecule has 0 spiro atoms. The topological polar surface area (TPSA) is 86.8 Å². The maximum absolute atomic E-state index is 14.4. The molecule has 0 saturated carbocycles. The summed E-state index contributed by atoms with van der Waals surface area (Å²) in [5, 5.41) is 2.76. The maximum Gasteiger partial charge on any atom is 0.264 e. The van der Waals surface area contributed by atoms with Crippen LogP contribution in [0.3, 0.4) is 0 Å². The highest BCUT2D eigenvalue weighted by Gasteiger charge is 2.32. The van der Waals surface area contributed by atoms with Crippen molar-refractivity contribution in [3.05, 3.63) is 94.8 Å². The fraction of sp³-hybridized carbons (Fsp3) is 0.231. The summed E-state index contributed by atoms with van der Waals surface area (Å²) in [5.74, 6) is -1.71. The molecular weight excluding hydrogens is 505 g/mol. The van der Waals surface area contributed by atoms with E-state index in [1.807, 2.05) is 6.92 Å². The molecule has 0 bridgehead atoms. The van der Waals surface area contributed by atoms with E-state index in [9.17, 15) is 22.4 Å². The summed E-state index contributed by atoms with van der Waals surface area (Å²) in [6, 6.07) is 17.2. The lowest BCUT2D eigenvalue weighted by atomic mass is 10.1. The van der Waals surface area contributed by atoms with Gasteiger partial charge in [0.25, 0.3) is 10.0 Å². The van der Waals surface area contributed by atoms with Gasteiger partial charge in [-0.15, -0.1) is 0 Å². The summed E-state index contributed by atoms with van der Waals surface area (Å²) in [6.07, 6.45) is 0. The lowest BCUT2D eigenvalue weighted by molar-refractivity contribution is -0.139. The first-order valence-electron chi connectivity index (χ1n) is 11.1. The minimum atomic E-state index is -4.20. The van der Waals surface area contributed by atoms with E-state index >= 15 is 0 Å². The Balaban J connectivity index is 2.05. The number of carbonyl (C=O) groups excluding carboxylic acids is 2. The molecule has 1 N–H and O–H groups in total. The predicted molar refractivity (Wildman–Crippen MR) is 138 cm³/mol. The van der Waals surface area contributed by atoms with E-state index in [0.717, 1.165) is 14.8 Å². The number of aryl methyl sites for hydroxylation is 1. The van der Waals surface area contributed by atoms with Crippen molar-refractivity contribution < 1.29 is 22.4 Å². The fourth-order valence-electron chi connectivity index (χ4n) is 3.60. The Bertz CT molecular complexity index is 1350. The van der Waals surface area contributed by atoms with Crippen molar-refractivity contribution in [3.8, 4) is 0 Å². The Kier molecular flexibility index (Phi) is 8.70. The maximum atomic E-state index is 14.4. The van der Waals surface area contributed by atoms with Gasteiger partial charge in [0.15, 0.2) is 0 Å². The van der Waals surface area contributed by atoms with Crippen LogP contribution in [0, 0.1) is 12.7 Å². The second-order valence-corrected chi connectivity index (χ2v) is 10.5. The van der Waals surface area contributed by atoms with Crippen molar-refractivity contribution in [2.24, 2.45) is 0 Å². The Labute approximate surface area is 215 Å². The van der Waals surface area contributed by atoms with Crippen LogP contribution >= 0.6 is 11.6 Å². The van der Waals surface area contributed by atoms with E-state index in [4.69, 9.17) is 11.6 Å². The average Bonchev–Trinajstić information content (AvgIpc) is 2.85. The summed E-state index contributed by atoms with van der Waals surface area (Å²) in [5.41, 5.74) is 1.24. The Morgan fingerprint density at radius 2 is 1.69 bits per heavy atom. The van der Waals surface area contributed by atoms with E-state index in [2.05, 4.69) is 5.32 Å². The highest BCUT2D eigenvalue weighted by Crippen LogP contribution is 2.27. The van der Waals surface area contributed by atoms with Crippen LogP contribution in [0.5, 0.6) is 0 Å². The number of sulfonamides is 1. The summed E-state index contributed by atoms with van der Waals surface area (Å²) in [4.78, 5) is 27.2. The highest BCUT2D eigenvalue weighted by molar-refractivity contribution is 7.92. The SMILES string of the molecule is CNC(=O)C(C)N(Cc1ccccc1F)C(=O)CN(c1cccc(Cl)c1)S(=O)(=O)c1ccc(C)cc1. The smallest absolute Gasteiger partial charge is 0.264 e. The first-order valence-corrected chi connectivity index (χ1v) is 13.0. The number of hydrogen-bond donors (Lipinski definition) is 1. The second kappa shape index (κ2) is 11.5. The molecule has 2 amide bonds. The van der Waals surface area contributed by atoms with Crippen molar-refractivity contribution >= 4 is 39.1 Å². The average molecular weight is 532 g/mol. The van der Waals surface area contributed by atoms with Gasteiger partial charge >= 0.3 is 0 Å². The monoisotopic (exact) mass is 531 g/mol. The zero-order valence-electron chi connectivity index (χ0n) is 20.1.